The number of hydrogen-bond acceptors (Lipinski definition) is 4. The molecular formula is C27H39ClO4. The van der Waals surface area contributed by atoms with E-state index in [0.29, 0.717) is 24.2 Å². The van der Waals surface area contributed by atoms with Crippen LogP contribution in [0, 0.1) is 34.5 Å². The Kier molecular flexibility index (Phi) is 6.57. The van der Waals surface area contributed by atoms with Crippen molar-refractivity contribution in [2.45, 2.75) is 90.5 Å². The van der Waals surface area contributed by atoms with Crippen LogP contribution in [-0.4, -0.2) is 30.5 Å². The normalized spacial score (nSPS) is 40.1. The van der Waals surface area contributed by atoms with Crippen molar-refractivity contribution in [1.82, 2.24) is 0 Å². The molecule has 5 heteroatoms. The van der Waals surface area contributed by atoms with Crippen LogP contribution in [0.2, 0.25) is 0 Å². The van der Waals surface area contributed by atoms with Gasteiger partial charge in [0.25, 0.3) is 0 Å². The molecule has 0 N–H and O–H groups in total. The van der Waals surface area contributed by atoms with Gasteiger partial charge < -0.3 is 9.47 Å². The van der Waals surface area contributed by atoms with E-state index in [0.717, 1.165) is 32.1 Å². The summed E-state index contributed by atoms with van der Waals surface area (Å²) in [4.78, 5) is 23.3. The number of ether oxygens (including phenoxy) is 2. The highest BCUT2D eigenvalue weighted by atomic mass is 35.5. The third kappa shape index (κ3) is 3.95. The van der Waals surface area contributed by atoms with E-state index in [1.807, 2.05) is 0 Å². The second kappa shape index (κ2) is 8.81. The van der Waals surface area contributed by atoms with Crippen LogP contribution in [0.15, 0.2) is 23.3 Å². The number of fused-ring (bicyclic) bond motifs is 5. The van der Waals surface area contributed by atoms with E-state index in [9.17, 15) is 9.59 Å². The smallest absolute Gasteiger partial charge is 0.323 e. The third-order valence-corrected chi connectivity index (χ3v) is 9.94. The minimum absolute atomic E-state index is 0.0520. The van der Waals surface area contributed by atoms with Crippen LogP contribution < -0.4 is 0 Å². The zero-order valence-electron chi connectivity index (χ0n) is 20.3. The van der Waals surface area contributed by atoms with Crippen molar-refractivity contribution in [1.29, 1.82) is 0 Å². The van der Waals surface area contributed by atoms with Gasteiger partial charge >= 0.3 is 11.9 Å². The number of hydrogen-bond donors (Lipinski definition) is 0. The SMILES string of the molecule is COC(=O)[C@H](Cl)C[C@@H](C)C1=CC[C@H]2[C@@H]3CC=C4C[C@@H](OC(C)=O)CC[C@]4(C)[C@H]3CC[C@]12C. The molecule has 0 unspecified atom stereocenters. The fourth-order valence-electron chi connectivity index (χ4n) is 7.99. The van der Waals surface area contributed by atoms with Gasteiger partial charge in [-0.25, -0.2) is 0 Å². The van der Waals surface area contributed by atoms with Crippen molar-refractivity contribution in [3.8, 4) is 0 Å². The van der Waals surface area contributed by atoms with Crippen LogP contribution >= 0.6 is 11.6 Å². The number of rotatable bonds is 5. The maximum absolute atomic E-state index is 11.9. The molecule has 32 heavy (non-hydrogen) atoms. The van der Waals surface area contributed by atoms with Gasteiger partial charge in [0, 0.05) is 13.3 Å². The summed E-state index contributed by atoms with van der Waals surface area (Å²) < 4.78 is 10.4. The molecule has 4 rings (SSSR count). The summed E-state index contributed by atoms with van der Waals surface area (Å²) in [6, 6.07) is 0. The summed E-state index contributed by atoms with van der Waals surface area (Å²) in [7, 11) is 1.40. The molecule has 0 radical (unpaired) electrons. The van der Waals surface area contributed by atoms with E-state index in [-0.39, 0.29) is 34.8 Å². The van der Waals surface area contributed by atoms with Gasteiger partial charge in [-0.1, -0.05) is 44.1 Å². The lowest BCUT2D eigenvalue weighted by atomic mass is 9.47. The Morgan fingerprint density at radius 2 is 1.84 bits per heavy atom. The fourth-order valence-corrected chi connectivity index (χ4v) is 8.35. The predicted molar refractivity (Wildman–Crippen MR) is 126 cm³/mol. The standard InChI is InChI=1S/C27H39ClO4/c1-16(14-24(28)25(30)31-5)21-8-9-22-20-7-6-18-15-19(32-17(2)29)10-12-26(18,3)23(20)11-13-27(21,22)4/h6,8,16,19-20,22-24H,7,9-15H2,1-5H3/t16-,19+,20+,22+,23+,24-,26+,27-/m1/s1. The molecule has 0 aliphatic heterocycles. The molecule has 4 aliphatic carbocycles. The summed E-state index contributed by atoms with van der Waals surface area (Å²) in [6.45, 7) is 8.68. The summed E-state index contributed by atoms with van der Waals surface area (Å²) in [5.41, 5.74) is 3.47. The highest BCUT2D eigenvalue weighted by Gasteiger charge is 2.57. The highest BCUT2D eigenvalue weighted by molar-refractivity contribution is 6.29. The number of methoxy groups -OCH3 is 1. The molecule has 0 saturated heterocycles. The first-order chi connectivity index (χ1) is 15.1. The Hall–Kier alpha value is -1.29. The number of halogens is 1. The van der Waals surface area contributed by atoms with Crippen LogP contribution in [0.1, 0.15) is 79.1 Å². The minimum Gasteiger partial charge on any atom is -0.468 e. The Labute approximate surface area is 198 Å². The number of carbonyl (C=O) groups is 2. The summed E-state index contributed by atoms with van der Waals surface area (Å²) in [5, 5.41) is -0.582. The molecule has 0 bridgehead atoms. The quantitative estimate of drug-likeness (QED) is 0.276. The summed E-state index contributed by atoms with van der Waals surface area (Å²) >= 11 is 6.33. The Morgan fingerprint density at radius 1 is 1.12 bits per heavy atom. The van der Waals surface area contributed by atoms with Crippen molar-refractivity contribution < 1.29 is 19.1 Å². The molecule has 0 heterocycles. The molecular weight excluding hydrogens is 424 g/mol. The van der Waals surface area contributed by atoms with Gasteiger partial charge in [-0.05, 0) is 79.4 Å². The highest BCUT2D eigenvalue weighted by Crippen LogP contribution is 2.66. The molecule has 8 atom stereocenters. The third-order valence-electron chi connectivity index (χ3n) is 9.58. The average Bonchev–Trinajstić information content (AvgIpc) is 3.10. The second-order valence-electron chi connectivity index (χ2n) is 11.2. The first-order valence-corrected chi connectivity index (χ1v) is 12.8. The lowest BCUT2D eigenvalue weighted by Crippen LogP contribution is -2.50. The van der Waals surface area contributed by atoms with Gasteiger partial charge in [0.2, 0.25) is 0 Å². The minimum atomic E-state index is -0.582. The number of esters is 2. The zero-order valence-corrected chi connectivity index (χ0v) is 21.0. The van der Waals surface area contributed by atoms with E-state index < -0.39 is 5.38 Å². The van der Waals surface area contributed by atoms with E-state index in [4.69, 9.17) is 21.1 Å². The molecule has 4 aliphatic rings. The van der Waals surface area contributed by atoms with Gasteiger partial charge in [0.15, 0.2) is 0 Å². The number of carbonyl (C=O) groups excluding carboxylic acids is 2. The molecule has 4 nitrogen and oxygen atoms in total. The predicted octanol–water partition coefficient (Wildman–Crippen LogP) is 6.22. The van der Waals surface area contributed by atoms with Crippen LogP contribution in [0.25, 0.3) is 0 Å². The maximum atomic E-state index is 11.9. The van der Waals surface area contributed by atoms with E-state index in [1.54, 1.807) is 0 Å². The second-order valence-corrected chi connectivity index (χ2v) is 11.7. The molecule has 178 valence electrons. The van der Waals surface area contributed by atoms with Crippen LogP contribution in [0.4, 0.5) is 0 Å². The first kappa shape index (κ1) is 23.9. The number of alkyl halides is 1. The molecule has 0 aromatic carbocycles. The molecule has 2 saturated carbocycles. The van der Waals surface area contributed by atoms with Crippen molar-refractivity contribution in [3.05, 3.63) is 23.3 Å². The lowest BCUT2D eigenvalue weighted by molar-refractivity contribution is -0.148. The molecule has 0 amide bonds. The molecule has 0 aromatic rings. The molecule has 2 fully saturated rings. The van der Waals surface area contributed by atoms with Crippen molar-refractivity contribution >= 4 is 23.5 Å². The van der Waals surface area contributed by atoms with Gasteiger partial charge in [-0.3, -0.25) is 9.59 Å². The van der Waals surface area contributed by atoms with E-state index in [1.165, 1.54) is 38.0 Å². The Bertz CT molecular complexity index is 832. The topological polar surface area (TPSA) is 52.6 Å². The summed E-state index contributed by atoms with van der Waals surface area (Å²) in [5.74, 6) is 1.86. The zero-order chi connectivity index (χ0) is 23.3. The molecule has 0 aromatic heterocycles. The lowest BCUT2D eigenvalue weighted by Gasteiger charge is -2.58. The van der Waals surface area contributed by atoms with Crippen molar-refractivity contribution in [2.75, 3.05) is 7.11 Å². The fraction of sp³-hybridized carbons (Fsp3) is 0.778. The van der Waals surface area contributed by atoms with Crippen LogP contribution in [-0.2, 0) is 19.1 Å². The van der Waals surface area contributed by atoms with Gasteiger partial charge in [-0.15, -0.1) is 11.6 Å². The van der Waals surface area contributed by atoms with Crippen molar-refractivity contribution in [3.63, 3.8) is 0 Å². The number of allylic oxidation sites excluding steroid dienone is 3. The van der Waals surface area contributed by atoms with Crippen LogP contribution in [0.5, 0.6) is 0 Å². The molecule has 0 spiro atoms. The van der Waals surface area contributed by atoms with E-state index >= 15 is 0 Å². The van der Waals surface area contributed by atoms with Gasteiger partial charge in [-0.2, -0.15) is 0 Å². The average molecular weight is 463 g/mol. The van der Waals surface area contributed by atoms with Gasteiger partial charge in [0.1, 0.15) is 11.5 Å². The van der Waals surface area contributed by atoms with E-state index in [2.05, 4.69) is 32.9 Å². The van der Waals surface area contributed by atoms with Crippen LogP contribution in [0.3, 0.4) is 0 Å². The summed E-state index contributed by atoms with van der Waals surface area (Å²) in [6.07, 6.45) is 13.4. The van der Waals surface area contributed by atoms with Gasteiger partial charge in [0.05, 0.1) is 7.11 Å². The monoisotopic (exact) mass is 462 g/mol. The Balaban J connectivity index is 1.50. The Morgan fingerprint density at radius 3 is 2.53 bits per heavy atom. The maximum Gasteiger partial charge on any atom is 0.323 e. The largest absolute Gasteiger partial charge is 0.468 e. The first-order valence-electron chi connectivity index (χ1n) is 12.4. The van der Waals surface area contributed by atoms with Crippen molar-refractivity contribution in [2.24, 2.45) is 34.5 Å².